The van der Waals surface area contributed by atoms with E-state index in [4.69, 9.17) is 5.73 Å². The molecule has 1 fully saturated rings. The lowest BCUT2D eigenvalue weighted by Crippen LogP contribution is -2.46. The summed E-state index contributed by atoms with van der Waals surface area (Å²) in [4.78, 5) is 32.9. The van der Waals surface area contributed by atoms with E-state index >= 15 is 0 Å². The summed E-state index contributed by atoms with van der Waals surface area (Å²) in [6.07, 6.45) is 8.01. The minimum absolute atomic E-state index is 0.160. The molecule has 154 valence electrons. The van der Waals surface area contributed by atoms with Crippen molar-refractivity contribution in [3.05, 3.63) is 0 Å². The first kappa shape index (κ1) is 25.1. The zero-order valence-corrected chi connectivity index (χ0v) is 17.5. The molecule has 1 saturated carbocycles. The van der Waals surface area contributed by atoms with Gasteiger partial charge in [0.2, 0.25) is 19.2 Å². The van der Waals surface area contributed by atoms with Crippen molar-refractivity contribution in [3.63, 3.8) is 0 Å². The fraction of sp³-hybridized carbons (Fsp3) is 0.889. The third kappa shape index (κ3) is 12.4. The Balaban J connectivity index is 0.00000194. The van der Waals surface area contributed by atoms with Gasteiger partial charge in [-0.05, 0) is 32.1 Å². The summed E-state index contributed by atoms with van der Waals surface area (Å²) in [6, 6.07) is -0.658. The largest absolute Gasteiger partial charge is 0.354 e. The molecule has 0 radical (unpaired) electrons. The van der Waals surface area contributed by atoms with Crippen LogP contribution in [-0.2, 0) is 14.2 Å². The molecule has 5 N–H and O–H groups in total. The van der Waals surface area contributed by atoms with Crippen molar-refractivity contribution in [1.82, 2.24) is 10.6 Å². The number of amides is 2. The second-order valence-corrected chi connectivity index (χ2v) is 9.61. The summed E-state index contributed by atoms with van der Waals surface area (Å²) >= 11 is 0. The first-order valence-corrected chi connectivity index (χ1v) is 11.9. The van der Waals surface area contributed by atoms with E-state index < -0.39 is 13.4 Å². The Morgan fingerprint density at radius 1 is 1.23 bits per heavy atom. The number of nitrogens with one attached hydrogen (secondary N) is 2. The lowest BCUT2D eigenvalue weighted by molar-refractivity contribution is -0.127. The van der Waals surface area contributed by atoms with Crippen LogP contribution in [0.3, 0.4) is 0 Å². The quantitative estimate of drug-likeness (QED) is 0.355. The van der Waals surface area contributed by atoms with E-state index in [1.165, 1.54) is 12.8 Å². The summed E-state index contributed by atoms with van der Waals surface area (Å²) in [7, 11) is -3.11. The highest BCUT2D eigenvalue weighted by molar-refractivity contribution is 7.57. The number of nitrogens with two attached hydrogens (primary N) is 1. The molecule has 0 saturated heterocycles. The van der Waals surface area contributed by atoms with Gasteiger partial charge in [0.05, 0.1) is 6.54 Å². The summed E-state index contributed by atoms with van der Waals surface area (Å²) in [5.41, 5.74) is 5.16. The molecule has 0 aromatic rings. The third-order valence-electron chi connectivity index (χ3n) is 4.21. The number of hydrogen-bond acceptors (Lipinski definition) is 4. The van der Waals surface area contributed by atoms with Gasteiger partial charge in [-0.3, -0.25) is 14.2 Å². The number of carbonyl (C=O) groups excluding carboxylic acids is 2. The average Bonchev–Trinajstić information content (AvgIpc) is 2.59. The van der Waals surface area contributed by atoms with E-state index in [1.54, 1.807) is 6.92 Å². The molecular weight excluding hydrogens is 353 g/mol. The molecule has 7 nitrogen and oxygen atoms in total. The van der Waals surface area contributed by atoms with Gasteiger partial charge < -0.3 is 21.3 Å². The van der Waals surface area contributed by atoms with E-state index in [0.29, 0.717) is 25.0 Å². The van der Waals surface area contributed by atoms with Gasteiger partial charge in [0.15, 0.2) is 0 Å². The highest BCUT2D eigenvalue weighted by atomic mass is 31.2. The molecule has 8 heteroatoms. The maximum Gasteiger partial charge on any atom is 0.242 e. The first-order valence-electron chi connectivity index (χ1n) is 9.83. The number of carbonyl (C=O) groups is 2. The molecule has 0 aliphatic heterocycles. The predicted octanol–water partition coefficient (Wildman–Crippen LogP) is 2.22. The Kier molecular flexibility index (Phi) is 13.7. The first-order chi connectivity index (χ1) is 12.3. The van der Waals surface area contributed by atoms with Crippen molar-refractivity contribution in [2.45, 2.75) is 71.8 Å². The van der Waals surface area contributed by atoms with Crippen LogP contribution < -0.4 is 16.4 Å². The highest BCUT2D eigenvalue weighted by Crippen LogP contribution is 2.45. The summed E-state index contributed by atoms with van der Waals surface area (Å²) < 4.78 is 12.2. The molecule has 0 heterocycles. The Hall–Kier alpha value is -0.910. The van der Waals surface area contributed by atoms with E-state index in [9.17, 15) is 19.0 Å². The van der Waals surface area contributed by atoms with Crippen molar-refractivity contribution in [2.24, 2.45) is 11.7 Å². The molecule has 0 spiro atoms. The fourth-order valence-electron chi connectivity index (χ4n) is 2.92. The maximum absolute atomic E-state index is 12.2. The minimum Gasteiger partial charge on any atom is -0.354 e. The maximum atomic E-state index is 12.2. The van der Waals surface area contributed by atoms with Gasteiger partial charge in [-0.15, -0.1) is 0 Å². The molecule has 2 atom stereocenters. The van der Waals surface area contributed by atoms with Crippen molar-refractivity contribution in [3.8, 4) is 0 Å². The smallest absolute Gasteiger partial charge is 0.242 e. The molecule has 0 bridgehead atoms. The number of hydrogen-bond donors (Lipinski definition) is 4. The topological polar surface area (TPSA) is 122 Å². The van der Waals surface area contributed by atoms with Crippen molar-refractivity contribution in [2.75, 3.05) is 25.4 Å². The van der Waals surface area contributed by atoms with E-state index in [-0.39, 0.29) is 24.5 Å². The van der Waals surface area contributed by atoms with Gasteiger partial charge in [0.25, 0.3) is 0 Å². The fourth-order valence-corrected chi connectivity index (χ4v) is 4.93. The van der Waals surface area contributed by atoms with Crippen LogP contribution in [0.4, 0.5) is 0 Å². The molecule has 0 aromatic carbocycles. The molecule has 1 aliphatic carbocycles. The molecule has 1 rings (SSSR count). The molecule has 1 aliphatic rings. The Morgan fingerprint density at radius 2 is 1.81 bits per heavy atom. The van der Waals surface area contributed by atoms with Crippen LogP contribution in [0.2, 0.25) is 0 Å². The summed E-state index contributed by atoms with van der Waals surface area (Å²) in [5, 5.41) is 5.12. The van der Waals surface area contributed by atoms with E-state index in [2.05, 4.69) is 24.5 Å². The zero-order chi connectivity index (χ0) is 20.0. The zero-order valence-electron chi connectivity index (χ0n) is 16.6. The normalized spacial score (nSPS) is 18.0. The molecule has 26 heavy (non-hydrogen) atoms. The summed E-state index contributed by atoms with van der Waals surface area (Å²) in [5.74, 6) is -0.326. The summed E-state index contributed by atoms with van der Waals surface area (Å²) in [6.45, 7) is 5.99. The van der Waals surface area contributed by atoms with Gasteiger partial charge in [0, 0.05) is 18.9 Å². The van der Waals surface area contributed by atoms with E-state index in [1.807, 2.05) is 0 Å². The van der Waals surface area contributed by atoms with Crippen LogP contribution in [0.5, 0.6) is 0 Å². The molecule has 0 aromatic heterocycles. The van der Waals surface area contributed by atoms with Gasteiger partial charge >= 0.3 is 0 Å². The Morgan fingerprint density at radius 3 is 2.35 bits per heavy atom. The SMILES string of the molecule is CCC.C[C@H](NC(=O)CN)C(=O)NCCCP(=O)(O)CC1CCCCC1. The van der Waals surface area contributed by atoms with Crippen LogP contribution in [0, 0.1) is 5.92 Å². The van der Waals surface area contributed by atoms with Gasteiger partial charge in [0.1, 0.15) is 6.04 Å². The van der Waals surface area contributed by atoms with Crippen LogP contribution in [0.1, 0.15) is 65.7 Å². The lowest BCUT2D eigenvalue weighted by atomic mass is 9.91. The second-order valence-electron chi connectivity index (χ2n) is 7.10. The molecule has 2 amide bonds. The van der Waals surface area contributed by atoms with Crippen molar-refractivity contribution < 1.29 is 19.0 Å². The van der Waals surface area contributed by atoms with Crippen LogP contribution in [0.25, 0.3) is 0 Å². The van der Waals surface area contributed by atoms with Gasteiger partial charge in [-0.1, -0.05) is 39.5 Å². The third-order valence-corrected chi connectivity index (χ3v) is 6.31. The van der Waals surface area contributed by atoms with Gasteiger partial charge in [-0.25, -0.2) is 0 Å². The van der Waals surface area contributed by atoms with E-state index in [0.717, 1.165) is 25.7 Å². The second kappa shape index (κ2) is 14.2. The predicted molar refractivity (Wildman–Crippen MR) is 106 cm³/mol. The Labute approximate surface area is 158 Å². The average molecular weight is 391 g/mol. The Bertz CT molecular complexity index is 454. The lowest BCUT2D eigenvalue weighted by Gasteiger charge is -2.24. The highest BCUT2D eigenvalue weighted by Gasteiger charge is 2.25. The molecule has 1 unspecified atom stereocenters. The standard InChI is InChI=1S/C15H30N3O4P.C3H8/c1-12(18-14(19)10-16)15(20)17-8-5-9-23(21,22)11-13-6-3-2-4-7-13;1-3-2/h12-13H,2-11,16H2,1H3,(H,17,20)(H,18,19)(H,21,22);3H2,1-2H3/t12-;/m0./s1. The van der Waals surface area contributed by atoms with Crippen LogP contribution in [0.15, 0.2) is 0 Å². The number of rotatable bonds is 9. The van der Waals surface area contributed by atoms with Crippen LogP contribution in [-0.4, -0.2) is 48.2 Å². The monoisotopic (exact) mass is 391 g/mol. The van der Waals surface area contributed by atoms with Crippen LogP contribution >= 0.6 is 7.37 Å². The molecular formula is C18H38N3O4P. The van der Waals surface area contributed by atoms with Crippen molar-refractivity contribution in [1.29, 1.82) is 0 Å². The van der Waals surface area contributed by atoms with Crippen molar-refractivity contribution >= 4 is 19.2 Å². The van der Waals surface area contributed by atoms with Gasteiger partial charge in [-0.2, -0.15) is 0 Å². The minimum atomic E-state index is -3.11.